The summed E-state index contributed by atoms with van der Waals surface area (Å²) in [6.45, 7) is 1.78. The first-order valence-corrected chi connectivity index (χ1v) is 6.03. The summed E-state index contributed by atoms with van der Waals surface area (Å²) in [5, 5.41) is 17.6. The number of nitrogens with zero attached hydrogens (tertiary/aromatic N) is 3. The Hall–Kier alpha value is -2.41. The Morgan fingerprint density at radius 2 is 2.20 bits per heavy atom. The fourth-order valence-electron chi connectivity index (χ4n) is 1.80. The number of hydrogen-bond acceptors (Lipinski definition) is 4. The van der Waals surface area contributed by atoms with Crippen molar-refractivity contribution < 1.29 is 9.72 Å². The molecule has 0 unspecified atom stereocenters. The molecular formula is C12H11ClN4O3. The number of aromatic nitrogens is 2. The summed E-state index contributed by atoms with van der Waals surface area (Å²) in [6.07, 6.45) is 0. The first-order valence-electron chi connectivity index (χ1n) is 5.65. The number of hydrogen-bond donors (Lipinski definition) is 1. The molecular weight excluding hydrogens is 284 g/mol. The summed E-state index contributed by atoms with van der Waals surface area (Å²) >= 11 is 5.77. The standard InChI is InChI=1S/C12H11ClN4O3/c1-7-6-10(16(2)15-7)14-12(18)8-4-3-5-9(13)11(8)17(19)20/h3-6H,1-2H3,(H,14,18). The number of anilines is 1. The third kappa shape index (κ3) is 2.62. The molecule has 0 aliphatic carbocycles. The molecule has 0 radical (unpaired) electrons. The van der Waals surface area contributed by atoms with Crippen molar-refractivity contribution in [3.63, 3.8) is 0 Å². The summed E-state index contributed by atoms with van der Waals surface area (Å²) in [7, 11) is 1.66. The second kappa shape index (κ2) is 5.30. The Balaban J connectivity index is 2.37. The average Bonchev–Trinajstić information content (AvgIpc) is 2.66. The van der Waals surface area contributed by atoms with Gasteiger partial charge in [-0.05, 0) is 19.1 Å². The monoisotopic (exact) mass is 294 g/mol. The number of benzene rings is 1. The summed E-state index contributed by atoms with van der Waals surface area (Å²) in [5.74, 6) is -0.163. The first kappa shape index (κ1) is 14.0. The number of carbonyl (C=O) groups excluding carboxylic acids is 1. The number of rotatable bonds is 3. The summed E-state index contributed by atoms with van der Waals surface area (Å²) < 4.78 is 1.48. The van der Waals surface area contributed by atoms with Gasteiger partial charge in [0.25, 0.3) is 5.91 Å². The second-order valence-electron chi connectivity index (χ2n) is 4.14. The smallest absolute Gasteiger partial charge is 0.300 e. The molecule has 7 nitrogen and oxygen atoms in total. The second-order valence-corrected chi connectivity index (χ2v) is 4.55. The van der Waals surface area contributed by atoms with E-state index in [1.165, 1.54) is 22.9 Å². The van der Waals surface area contributed by atoms with Crippen LogP contribution in [0.2, 0.25) is 5.02 Å². The van der Waals surface area contributed by atoms with Crippen molar-refractivity contribution in [2.75, 3.05) is 5.32 Å². The molecule has 8 heteroatoms. The van der Waals surface area contributed by atoms with E-state index < -0.39 is 16.5 Å². The highest BCUT2D eigenvalue weighted by Gasteiger charge is 2.24. The van der Waals surface area contributed by atoms with E-state index in [4.69, 9.17) is 11.6 Å². The molecule has 0 atom stereocenters. The number of para-hydroxylation sites is 1. The van der Waals surface area contributed by atoms with Gasteiger partial charge in [-0.2, -0.15) is 5.10 Å². The van der Waals surface area contributed by atoms with E-state index in [-0.39, 0.29) is 10.6 Å². The molecule has 1 aromatic heterocycles. The molecule has 1 N–H and O–H groups in total. The van der Waals surface area contributed by atoms with Gasteiger partial charge in [0, 0.05) is 13.1 Å². The highest BCUT2D eigenvalue weighted by atomic mass is 35.5. The van der Waals surface area contributed by atoms with Gasteiger partial charge in [-0.1, -0.05) is 17.7 Å². The molecule has 0 saturated heterocycles. The van der Waals surface area contributed by atoms with Gasteiger partial charge in [-0.3, -0.25) is 19.6 Å². The zero-order valence-corrected chi connectivity index (χ0v) is 11.5. The molecule has 1 amide bonds. The minimum atomic E-state index is -0.675. The zero-order valence-electron chi connectivity index (χ0n) is 10.8. The van der Waals surface area contributed by atoms with Gasteiger partial charge in [-0.15, -0.1) is 0 Å². The van der Waals surface area contributed by atoms with Crippen LogP contribution >= 0.6 is 11.6 Å². The van der Waals surface area contributed by atoms with Crippen molar-refractivity contribution in [2.24, 2.45) is 7.05 Å². The minimum absolute atomic E-state index is 0.0798. The summed E-state index contributed by atoms with van der Waals surface area (Å²) in [6, 6.07) is 5.86. The van der Waals surface area contributed by atoms with Crippen LogP contribution in [0.15, 0.2) is 24.3 Å². The van der Waals surface area contributed by atoms with Gasteiger partial charge in [0.15, 0.2) is 0 Å². The maximum absolute atomic E-state index is 12.1. The number of nitrogens with one attached hydrogen (secondary N) is 1. The van der Waals surface area contributed by atoms with Crippen LogP contribution in [0.25, 0.3) is 0 Å². The molecule has 2 rings (SSSR count). The molecule has 1 heterocycles. The molecule has 0 saturated carbocycles. The van der Waals surface area contributed by atoms with Crippen LogP contribution in [0, 0.1) is 17.0 Å². The van der Waals surface area contributed by atoms with Crippen LogP contribution in [0.3, 0.4) is 0 Å². The molecule has 20 heavy (non-hydrogen) atoms. The lowest BCUT2D eigenvalue weighted by atomic mass is 10.1. The molecule has 104 valence electrons. The Morgan fingerprint density at radius 3 is 2.75 bits per heavy atom. The SMILES string of the molecule is Cc1cc(NC(=O)c2cccc(Cl)c2[N+](=O)[O-])n(C)n1. The van der Waals surface area contributed by atoms with Crippen LogP contribution in [0.1, 0.15) is 16.1 Å². The van der Waals surface area contributed by atoms with Crippen molar-refractivity contribution in [1.82, 2.24) is 9.78 Å². The van der Waals surface area contributed by atoms with Gasteiger partial charge in [0.2, 0.25) is 0 Å². The van der Waals surface area contributed by atoms with E-state index in [1.807, 2.05) is 0 Å². The van der Waals surface area contributed by atoms with Crippen LogP contribution in [-0.4, -0.2) is 20.6 Å². The lowest BCUT2D eigenvalue weighted by Crippen LogP contribution is -2.16. The third-order valence-electron chi connectivity index (χ3n) is 2.66. The van der Waals surface area contributed by atoms with E-state index in [0.717, 1.165) is 5.69 Å². The van der Waals surface area contributed by atoms with E-state index >= 15 is 0 Å². The number of aryl methyl sites for hydroxylation is 2. The van der Waals surface area contributed by atoms with E-state index in [1.54, 1.807) is 20.0 Å². The van der Waals surface area contributed by atoms with Crippen molar-refractivity contribution in [2.45, 2.75) is 6.92 Å². The highest BCUT2D eigenvalue weighted by molar-refractivity contribution is 6.33. The van der Waals surface area contributed by atoms with Gasteiger partial charge < -0.3 is 5.32 Å². The predicted molar refractivity (Wildman–Crippen MR) is 74.0 cm³/mol. The van der Waals surface area contributed by atoms with Crippen molar-refractivity contribution in [3.8, 4) is 0 Å². The quantitative estimate of drug-likeness (QED) is 0.695. The van der Waals surface area contributed by atoms with Crippen LogP contribution < -0.4 is 5.32 Å². The minimum Gasteiger partial charge on any atom is -0.307 e. The molecule has 2 aromatic rings. The van der Waals surface area contributed by atoms with Crippen LogP contribution in [0.4, 0.5) is 11.5 Å². The Bertz CT molecular complexity index is 696. The number of nitro benzene ring substituents is 1. The van der Waals surface area contributed by atoms with Crippen molar-refractivity contribution in [3.05, 3.63) is 50.7 Å². The fraction of sp³-hybridized carbons (Fsp3) is 0.167. The van der Waals surface area contributed by atoms with Gasteiger partial charge >= 0.3 is 5.69 Å². The summed E-state index contributed by atoms with van der Waals surface area (Å²) in [5.41, 5.74) is 0.218. The largest absolute Gasteiger partial charge is 0.307 e. The highest BCUT2D eigenvalue weighted by Crippen LogP contribution is 2.28. The fourth-order valence-corrected chi connectivity index (χ4v) is 2.04. The molecule has 0 aliphatic heterocycles. The molecule has 0 aliphatic rings. The first-order chi connectivity index (χ1) is 9.40. The maximum Gasteiger partial charge on any atom is 0.300 e. The Labute approximate surface area is 119 Å². The van der Waals surface area contributed by atoms with E-state index in [9.17, 15) is 14.9 Å². The van der Waals surface area contributed by atoms with Crippen LogP contribution in [-0.2, 0) is 7.05 Å². The molecule has 0 fully saturated rings. The maximum atomic E-state index is 12.1. The number of carbonyl (C=O) groups is 1. The lowest BCUT2D eigenvalue weighted by Gasteiger charge is -2.06. The summed E-state index contributed by atoms with van der Waals surface area (Å²) in [4.78, 5) is 22.5. The molecule has 0 bridgehead atoms. The Morgan fingerprint density at radius 1 is 1.50 bits per heavy atom. The number of amides is 1. The zero-order chi connectivity index (χ0) is 14.9. The predicted octanol–water partition coefficient (Wildman–Crippen LogP) is 2.54. The molecule has 1 aromatic carbocycles. The normalized spacial score (nSPS) is 10.3. The van der Waals surface area contributed by atoms with Gasteiger partial charge in [0.05, 0.1) is 10.6 Å². The van der Waals surface area contributed by atoms with Gasteiger partial charge in [0.1, 0.15) is 16.4 Å². The van der Waals surface area contributed by atoms with E-state index in [0.29, 0.717) is 5.82 Å². The topological polar surface area (TPSA) is 90.1 Å². The Kier molecular flexibility index (Phi) is 3.71. The lowest BCUT2D eigenvalue weighted by molar-refractivity contribution is -0.385. The van der Waals surface area contributed by atoms with Crippen LogP contribution in [0.5, 0.6) is 0 Å². The number of nitro groups is 1. The van der Waals surface area contributed by atoms with E-state index in [2.05, 4.69) is 10.4 Å². The van der Waals surface area contributed by atoms with Gasteiger partial charge in [-0.25, -0.2) is 0 Å². The number of halogens is 1. The average molecular weight is 295 g/mol. The molecule has 0 spiro atoms. The van der Waals surface area contributed by atoms with Crippen molar-refractivity contribution >= 4 is 29.0 Å². The van der Waals surface area contributed by atoms with Crippen molar-refractivity contribution in [1.29, 1.82) is 0 Å². The third-order valence-corrected chi connectivity index (χ3v) is 2.96.